The molecule has 0 aliphatic heterocycles. The monoisotopic (exact) mass is 268 g/mol. The van der Waals surface area contributed by atoms with Crippen LogP contribution in [-0.2, 0) is 0 Å². The number of anilines is 1. The fourth-order valence-electron chi connectivity index (χ4n) is 1.72. The van der Waals surface area contributed by atoms with Crippen molar-refractivity contribution in [2.24, 2.45) is 0 Å². The van der Waals surface area contributed by atoms with Crippen LogP contribution in [0.1, 0.15) is 12.8 Å². The molecular weight excluding hydrogens is 255 g/mol. The number of fused-ring (bicyclic) bond motifs is 1. The molecule has 1 N–H and O–H groups in total. The SMILES string of the molecule is ClCCCCNc1ccnc2cc(Cl)ccc12. The Balaban J connectivity index is 2.16. The summed E-state index contributed by atoms with van der Waals surface area (Å²) >= 11 is 11.6. The molecule has 90 valence electrons. The van der Waals surface area contributed by atoms with Gasteiger partial charge in [-0.05, 0) is 37.1 Å². The van der Waals surface area contributed by atoms with Gasteiger partial charge in [0, 0.05) is 34.7 Å². The lowest BCUT2D eigenvalue weighted by Crippen LogP contribution is -2.02. The van der Waals surface area contributed by atoms with Crippen molar-refractivity contribution in [3.8, 4) is 0 Å². The molecule has 0 aliphatic carbocycles. The van der Waals surface area contributed by atoms with E-state index in [1.807, 2.05) is 24.3 Å². The van der Waals surface area contributed by atoms with Gasteiger partial charge in [0.1, 0.15) is 0 Å². The maximum absolute atomic E-state index is 5.94. The second-order valence-corrected chi connectivity index (χ2v) is 4.66. The van der Waals surface area contributed by atoms with Crippen LogP contribution >= 0.6 is 23.2 Å². The zero-order chi connectivity index (χ0) is 12.1. The van der Waals surface area contributed by atoms with E-state index in [1.54, 1.807) is 6.20 Å². The van der Waals surface area contributed by atoms with Crippen molar-refractivity contribution in [1.29, 1.82) is 0 Å². The minimum atomic E-state index is 0.712. The third-order valence-corrected chi connectivity index (χ3v) is 3.08. The minimum Gasteiger partial charge on any atom is -0.384 e. The molecule has 0 saturated heterocycles. The molecule has 1 aromatic carbocycles. The van der Waals surface area contributed by atoms with Gasteiger partial charge >= 0.3 is 0 Å². The summed E-state index contributed by atoms with van der Waals surface area (Å²) in [7, 11) is 0. The zero-order valence-corrected chi connectivity index (χ0v) is 10.9. The maximum atomic E-state index is 5.94. The summed E-state index contributed by atoms with van der Waals surface area (Å²) in [6, 6.07) is 7.74. The highest BCUT2D eigenvalue weighted by Gasteiger charge is 2.01. The molecule has 17 heavy (non-hydrogen) atoms. The Bertz CT molecular complexity index is 500. The molecule has 0 fully saturated rings. The lowest BCUT2D eigenvalue weighted by atomic mass is 10.2. The van der Waals surface area contributed by atoms with E-state index in [2.05, 4.69) is 10.3 Å². The molecule has 1 heterocycles. The summed E-state index contributed by atoms with van der Waals surface area (Å²) in [6.45, 7) is 0.925. The minimum absolute atomic E-state index is 0.712. The highest BCUT2D eigenvalue weighted by molar-refractivity contribution is 6.31. The molecule has 0 aliphatic rings. The van der Waals surface area contributed by atoms with Gasteiger partial charge in [0.25, 0.3) is 0 Å². The summed E-state index contributed by atoms with van der Waals surface area (Å²) in [5.74, 6) is 0.717. The predicted octanol–water partition coefficient (Wildman–Crippen LogP) is 4.32. The summed E-state index contributed by atoms with van der Waals surface area (Å²) < 4.78 is 0. The number of nitrogens with zero attached hydrogens (tertiary/aromatic N) is 1. The largest absolute Gasteiger partial charge is 0.384 e. The van der Waals surface area contributed by atoms with Gasteiger partial charge < -0.3 is 5.32 Å². The molecule has 0 spiro atoms. The average molecular weight is 269 g/mol. The first-order valence-electron chi connectivity index (χ1n) is 5.65. The normalized spacial score (nSPS) is 10.7. The van der Waals surface area contributed by atoms with E-state index < -0.39 is 0 Å². The molecule has 0 atom stereocenters. The fourth-order valence-corrected chi connectivity index (χ4v) is 2.07. The molecule has 2 aromatic rings. The Morgan fingerprint density at radius 2 is 2.06 bits per heavy atom. The average Bonchev–Trinajstić information content (AvgIpc) is 2.34. The first kappa shape index (κ1) is 12.5. The summed E-state index contributed by atoms with van der Waals surface area (Å²) in [4.78, 5) is 4.30. The highest BCUT2D eigenvalue weighted by Crippen LogP contribution is 2.24. The zero-order valence-electron chi connectivity index (χ0n) is 9.42. The van der Waals surface area contributed by atoms with Gasteiger partial charge in [-0.1, -0.05) is 11.6 Å². The fraction of sp³-hybridized carbons (Fsp3) is 0.308. The number of benzene rings is 1. The van der Waals surface area contributed by atoms with Gasteiger partial charge in [-0.25, -0.2) is 0 Å². The number of aromatic nitrogens is 1. The number of halogens is 2. The number of nitrogens with one attached hydrogen (secondary N) is 1. The topological polar surface area (TPSA) is 24.9 Å². The van der Waals surface area contributed by atoms with Crippen molar-refractivity contribution < 1.29 is 0 Å². The first-order valence-corrected chi connectivity index (χ1v) is 6.56. The molecule has 0 bridgehead atoms. The van der Waals surface area contributed by atoms with Gasteiger partial charge in [-0.3, -0.25) is 4.98 Å². The number of hydrogen-bond donors (Lipinski definition) is 1. The second-order valence-electron chi connectivity index (χ2n) is 3.84. The smallest absolute Gasteiger partial charge is 0.0737 e. The van der Waals surface area contributed by atoms with E-state index in [9.17, 15) is 0 Å². The van der Waals surface area contributed by atoms with Gasteiger partial charge in [0.2, 0.25) is 0 Å². The van der Waals surface area contributed by atoms with Crippen LogP contribution in [0.3, 0.4) is 0 Å². The summed E-state index contributed by atoms with van der Waals surface area (Å²) in [5.41, 5.74) is 2.01. The predicted molar refractivity (Wildman–Crippen MR) is 75.2 cm³/mol. The van der Waals surface area contributed by atoms with Gasteiger partial charge in [-0.15, -0.1) is 11.6 Å². The van der Waals surface area contributed by atoms with E-state index >= 15 is 0 Å². The number of rotatable bonds is 5. The Morgan fingerprint density at radius 1 is 1.18 bits per heavy atom. The van der Waals surface area contributed by atoms with Crippen LogP contribution in [0.15, 0.2) is 30.5 Å². The first-order chi connectivity index (χ1) is 8.31. The van der Waals surface area contributed by atoms with Crippen LogP contribution in [0.25, 0.3) is 10.9 Å². The lowest BCUT2D eigenvalue weighted by molar-refractivity contribution is 0.840. The number of pyridine rings is 1. The molecule has 0 radical (unpaired) electrons. The van der Waals surface area contributed by atoms with E-state index in [4.69, 9.17) is 23.2 Å². The molecule has 0 saturated carbocycles. The van der Waals surface area contributed by atoms with Crippen LogP contribution < -0.4 is 5.32 Å². The Hall–Kier alpha value is -0.990. The Kier molecular flexibility index (Phi) is 4.46. The van der Waals surface area contributed by atoms with E-state index in [1.165, 1.54) is 0 Å². The Morgan fingerprint density at radius 3 is 2.88 bits per heavy atom. The van der Waals surface area contributed by atoms with E-state index in [-0.39, 0.29) is 0 Å². The summed E-state index contributed by atoms with van der Waals surface area (Å²) in [5, 5.41) is 5.21. The van der Waals surface area contributed by atoms with Crippen molar-refractivity contribution in [3.63, 3.8) is 0 Å². The van der Waals surface area contributed by atoms with Crippen LogP contribution in [0.5, 0.6) is 0 Å². The maximum Gasteiger partial charge on any atom is 0.0737 e. The van der Waals surface area contributed by atoms with Crippen molar-refractivity contribution in [3.05, 3.63) is 35.5 Å². The van der Waals surface area contributed by atoms with Crippen molar-refractivity contribution in [2.75, 3.05) is 17.7 Å². The second kappa shape index (κ2) is 6.08. The van der Waals surface area contributed by atoms with E-state index in [0.29, 0.717) is 10.9 Å². The molecule has 2 nitrogen and oxygen atoms in total. The van der Waals surface area contributed by atoms with Crippen molar-refractivity contribution in [2.45, 2.75) is 12.8 Å². The Labute approximate surface area is 111 Å². The molecule has 0 unspecified atom stereocenters. The van der Waals surface area contributed by atoms with Gasteiger partial charge in [-0.2, -0.15) is 0 Å². The quantitative estimate of drug-likeness (QED) is 0.646. The van der Waals surface area contributed by atoms with Crippen LogP contribution in [-0.4, -0.2) is 17.4 Å². The van der Waals surface area contributed by atoms with E-state index in [0.717, 1.165) is 36.0 Å². The third-order valence-electron chi connectivity index (χ3n) is 2.58. The number of hydrogen-bond acceptors (Lipinski definition) is 2. The van der Waals surface area contributed by atoms with Crippen LogP contribution in [0.4, 0.5) is 5.69 Å². The van der Waals surface area contributed by atoms with Gasteiger partial charge in [0.15, 0.2) is 0 Å². The lowest BCUT2D eigenvalue weighted by Gasteiger charge is -2.09. The number of unbranched alkanes of at least 4 members (excludes halogenated alkanes) is 1. The number of alkyl halides is 1. The van der Waals surface area contributed by atoms with Crippen LogP contribution in [0.2, 0.25) is 5.02 Å². The molecule has 1 aromatic heterocycles. The molecule has 2 rings (SSSR count). The summed E-state index contributed by atoms with van der Waals surface area (Å²) in [6.07, 6.45) is 3.90. The molecule has 4 heteroatoms. The van der Waals surface area contributed by atoms with Gasteiger partial charge in [0.05, 0.1) is 5.52 Å². The van der Waals surface area contributed by atoms with Crippen molar-refractivity contribution in [1.82, 2.24) is 4.98 Å². The highest BCUT2D eigenvalue weighted by atomic mass is 35.5. The molecule has 0 amide bonds. The van der Waals surface area contributed by atoms with Crippen LogP contribution in [0, 0.1) is 0 Å². The third kappa shape index (κ3) is 3.24. The standard InChI is InChI=1S/C13H14Cl2N2/c14-6-1-2-7-16-12-5-8-17-13-9-10(15)3-4-11(12)13/h3-5,8-9H,1-2,6-7H2,(H,16,17). The van der Waals surface area contributed by atoms with Crippen molar-refractivity contribution >= 4 is 39.8 Å². The molecular formula is C13H14Cl2N2.